The molecule has 1 fully saturated rings. The van der Waals surface area contributed by atoms with Crippen LogP contribution >= 0.6 is 22.7 Å². The van der Waals surface area contributed by atoms with Crippen LogP contribution in [-0.4, -0.2) is 60.3 Å². The van der Waals surface area contributed by atoms with Crippen molar-refractivity contribution >= 4 is 40.1 Å². The molecule has 3 heterocycles. The molecule has 0 radical (unpaired) electrons. The van der Waals surface area contributed by atoms with Crippen molar-refractivity contribution in [2.45, 2.75) is 32.4 Å². The van der Waals surface area contributed by atoms with E-state index in [1.54, 1.807) is 24.4 Å². The maximum Gasteiger partial charge on any atom is 0.416 e. The Labute approximate surface area is 231 Å². The Morgan fingerprint density at radius 3 is 2.46 bits per heavy atom. The highest BCUT2D eigenvalue weighted by Gasteiger charge is 2.30. The Kier molecular flexibility index (Phi) is 9.54. The second-order valence-corrected chi connectivity index (χ2v) is 11.0. The molecule has 0 atom stereocenters. The van der Waals surface area contributed by atoms with Crippen LogP contribution in [0.15, 0.2) is 46.9 Å². The summed E-state index contributed by atoms with van der Waals surface area (Å²) in [6.07, 6.45) is -2.32. The monoisotopic (exact) mass is 579 g/mol. The minimum Gasteiger partial charge on any atom is -0.506 e. The first-order valence-corrected chi connectivity index (χ1v) is 14.1. The van der Waals surface area contributed by atoms with Crippen molar-refractivity contribution < 1.29 is 32.6 Å². The summed E-state index contributed by atoms with van der Waals surface area (Å²) in [5, 5.41) is 16.3. The SMILES string of the molecule is C/C(=N\NC(=O)c1ccc(C(=O)CCCCN2CCOCC2)s1)c1csc(-c2ccc(C(F)(F)F)cc2)c1O. The van der Waals surface area contributed by atoms with Gasteiger partial charge in [-0.15, -0.1) is 22.7 Å². The normalized spacial score (nSPS) is 14.9. The van der Waals surface area contributed by atoms with E-state index in [9.17, 15) is 27.9 Å². The number of benzene rings is 1. The lowest BCUT2D eigenvalue weighted by atomic mass is 10.1. The van der Waals surface area contributed by atoms with Gasteiger partial charge in [-0.05, 0) is 56.1 Å². The number of Topliss-reactive ketones (excluding diaryl/α,β-unsaturated/α-hetero) is 1. The number of morpholine rings is 1. The molecule has 1 amide bonds. The second-order valence-electron chi connectivity index (χ2n) is 9.04. The fourth-order valence-electron chi connectivity index (χ4n) is 4.05. The van der Waals surface area contributed by atoms with E-state index < -0.39 is 17.6 Å². The number of nitrogens with zero attached hydrogens (tertiary/aromatic N) is 2. The van der Waals surface area contributed by atoms with E-state index >= 15 is 0 Å². The molecule has 4 rings (SSSR count). The van der Waals surface area contributed by atoms with Crippen molar-refractivity contribution in [1.29, 1.82) is 0 Å². The number of amides is 1. The first-order chi connectivity index (χ1) is 18.6. The third kappa shape index (κ3) is 7.53. The van der Waals surface area contributed by atoms with E-state index in [1.165, 1.54) is 12.1 Å². The number of alkyl halides is 3. The van der Waals surface area contributed by atoms with Gasteiger partial charge in [-0.3, -0.25) is 14.5 Å². The number of thiophene rings is 2. The van der Waals surface area contributed by atoms with Gasteiger partial charge >= 0.3 is 6.18 Å². The minimum absolute atomic E-state index is 0.000277. The highest BCUT2D eigenvalue weighted by Crippen LogP contribution is 2.40. The molecule has 208 valence electrons. The number of unbranched alkanes of at least 4 members (excludes halogenated alkanes) is 1. The summed E-state index contributed by atoms with van der Waals surface area (Å²) in [5.74, 6) is -0.615. The van der Waals surface area contributed by atoms with Gasteiger partial charge < -0.3 is 9.84 Å². The Bertz CT molecular complexity index is 1330. The summed E-state index contributed by atoms with van der Waals surface area (Å²) in [4.78, 5) is 28.7. The van der Waals surface area contributed by atoms with E-state index in [4.69, 9.17) is 4.74 Å². The highest BCUT2D eigenvalue weighted by molar-refractivity contribution is 7.16. The summed E-state index contributed by atoms with van der Waals surface area (Å²) >= 11 is 2.26. The summed E-state index contributed by atoms with van der Waals surface area (Å²) in [7, 11) is 0. The molecule has 2 N–H and O–H groups in total. The summed E-state index contributed by atoms with van der Waals surface area (Å²) in [5.41, 5.74) is 2.78. The quantitative estimate of drug-likeness (QED) is 0.132. The predicted molar refractivity (Wildman–Crippen MR) is 146 cm³/mol. The topological polar surface area (TPSA) is 91.2 Å². The fraction of sp³-hybridized carbons (Fsp3) is 0.370. The number of hydrogen-bond donors (Lipinski definition) is 2. The molecule has 0 aliphatic carbocycles. The Morgan fingerprint density at radius 1 is 1.08 bits per heavy atom. The van der Waals surface area contributed by atoms with Crippen molar-refractivity contribution in [2.24, 2.45) is 5.10 Å². The molecule has 0 unspecified atom stereocenters. The van der Waals surface area contributed by atoms with Crippen molar-refractivity contribution in [1.82, 2.24) is 10.3 Å². The third-order valence-corrected chi connectivity index (χ3v) is 8.43. The van der Waals surface area contributed by atoms with Crippen LogP contribution in [-0.2, 0) is 10.9 Å². The van der Waals surface area contributed by atoms with Crippen molar-refractivity contribution in [2.75, 3.05) is 32.8 Å². The number of nitrogens with one attached hydrogen (secondary N) is 1. The number of hydrazone groups is 1. The van der Waals surface area contributed by atoms with Crippen LogP contribution in [0.3, 0.4) is 0 Å². The Balaban J connectivity index is 1.30. The van der Waals surface area contributed by atoms with Gasteiger partial charge in [0.2, 0.25) is 0 Å². The average molecular weight is 580 g/mol. The number of halogens is 3. The predicted octanol–water partition coefficient (Wildman–Crippen LogP) is 6.04. The van der Waals surface area contributed by atoms with Crippen LogP contribution in [0.5, 0.6) is 5.75 Å². The minimum atomic E-state index is -4.44. The zero-order valence-corrected chi connectivity index (χ0v) is 22.8. The van der Waals surface area contributed by atoms with Gasteiger partial charge in [-0.25, -0.2) is 5.43 Å². The van der Waals surface area contributed by atoms with Crippen molar-refractivity contribution in [3.63, 3.8) is 0 Å². The van der Waals surface area contributed by atoms with Crippen LogP contribution in [0.25, 0.3) is 10.4 Å². The maximum absolute atomic E-state index is 12.8. The molecule has 7 nitrogen and oxygen atoms in total. The summed E-state index contributed by atoms with van der Waals surface area (Å²) < 4.78 is 43.8. The van der Waals surface area contributed by atoms with Crippen LogP contribution in [0.1, 0.15) is 56.7 Å². The van der Waals surface area contributed by atoms with E-state index in [0.29, 0.717) is 37.9 Å². The molecule has 3 aromatic rings. The number of ketones is 1. The first-order valence-electron chi connectivity index (χ1n) is 12.4. The lowest BCUT2D eigenvalue weighted by Crippen LogP contribution is -2.36. The van der Waals surface area contributed by atoms with E-state index in [-0.39, 0.29) is 11.5 Å². The first kappa shape index (κ1) is 28.9. The number of carbonyl (C=O) groups excluding carboxylic acids is 2. The van der Waals surface area contributed by atoms with Gasteiger partial charge in [0, 0.05) is 24.9 Å². The number of carbonyl (C=O) groups is 2. The molecule has 1 aliphatic rings. The largest absolute Gasteiger partial charge is 0.506 e. The van der Waals surface area contributed by atoms with Gasteiger partial charge in [0.25, 0.3) is 5.91 Å². The highest BCUT2D eigenvalue weighted by atomic mass is 32.1. The van der Waals surface area contributed by atoms with Gasteiger partial charge in [-0.1, -0.05) is 12.1 Å². The van der Waals surface area contributed by atoms with E-state index in [1.807, 2.05) is 0 Å². The third-order valence-electron chi connectivity index (χ3n) is 6.29. The van der Waals surface area contributed by atoms with Crippen LogP contribution in [0.4, 0.5) is 13.2 Å². The molecule has 39 heavy (non-hydrogen) atoms. The van der Waals surface area contributed by atoms with Crippen LogP contribution in [0.2, 0.25) is 0 Å². The second kappa shape index (κ2) is 12.9. The molecule has 12 heteroatoms. The maximum atomic E-state index is 12.8. The van der Waals surface area contributed by atoms with Crippen LogP contribution in [0, 0.1) is 0 Å². The molecule has 0 saturated carbocycles. The molecular weight excluding hydrogens is 551 g/mol. The van der Waals surface area contributed by atoms with E-state index in [2.05, 4.69) is 15.4 Å². The zero-order chi connectivity index (χ0) is 28.0. The summed E-state index contributed by atoms with van der Waals surface area (Å²) in [6.45, 7) is 5.88. The molecule has 0 bridgehead atoms. The average Bonchev–Trinajstić information content (AvgIpc) is 3.57. The lowest BCUT2D eigenvalue weighted by Gasteiger charge is -2.26. The summed E-state index contributed by atoms with van der Waals surface area (Å²) in [6, 6.07) is 7.73. The molecule has 2 aromatic heterocycles. The Morgan fingerprint density at radius 2 is 1.77 bits per heavy atom. The van der Waals surface area contributed by atoms with Crippen LogP contribution < -0.4 is 5.43 Å². The molecule has 1 aromatic carbocycles. The van der Waals surface area contributed by atoms with Gasteiger partial charge in [0.1, 0.15) is 5.75 Å². The number of aromatic hydroxyl groups is 1. The number of ether oxygens (including phenoxy) is 1. The molecule has 1 aliphatic heterocycles. The zero-order valence-electron chi connectivity index (χ0n) is 21.2. The van der Waals surface area contributed by atoms with Crippen molar-refractivity contribution in [3.05, 3.63) is 62.7 Å². The standard InChI is InChI=1S/C27H28F3N3O4S2/c1-17(20-16-38-25(24(20)35)18-5-7-19(8-6-18)27(28,29)30)31-32-26(36)23-10-9-22(39-23)21(34)4-2-3-11-33-12-14-37-15-13-33/h5-10,16,35H,2-4,11-15H2,1H3,(H,32,36)/b31-17+. The Hall–Kier alpha value is -3.06. The lowest BCUT2D eigenvalue weighted by molar-refractivity contribution is -0.137. The van der Waals surface area contributed by atoms with Gasteiger partial charge in [-0.2, -0.15) is 18.3 Å². The molecule has 0 spiro atoms. The molecule has 1 saturated heterocycles. The molecular formula is C27H28F3N3O4S2. The van der Waals surface area contributed by atoms with Gasteiger partial charge in [0.05, 0.1) is 44.7 Å². The van der Waals surface area contributed by atoms with E-state index in [0.717, 1.165) is 80.5 Å². The van der Waals surface area contributed by atoms with Gasteiger partial charge in [0.15, 0.2) is 5.78 Å². The number of rotatable bonds is 10. The smallest absolute Gasteiger partial charge is 0.416 e. The fourth-order valence-corrected chi connectivity index (χ4v) is 5.93. The van der Waals surface area contributed by atoms with Crippen molar-refractivity contribution in [3.8, 4) is 16.2 Å². The number of hydrogen-bond acceptors (Lipinski definition) is 8.